The van der Waals surface area contributed by atoms with Crippen molar-refractivity contribution in [2.45, 2.75) is 45.4 Å². The van der Waals surface area contributed by atoms with Crippen molar-refractivity contribution in [1.82, 2.24) is 14.4 Å². The molecule has 0 radical (unpaired) electrons. The van der Waals surface area contributed by atoms with Crippen molar-refractivity contribution in [1.29, 1.82) is 0 Å². The molecule has 0 saturated heterocycles. The Labute approximate surface area is 148 Å². The third-order valence-electron chi connectivity index (χ3n) is 4.47. The van der Waals surface area contributed by atoms with Crippen LogP contribution in [0.5, 0.6) is 0 Å². The molecule has 5 nitrogen and oxygen atoms in total. The zero-order chi connectivity index (χ0) is 16.5. The summed E-state index contributed by atoms with van der Waals surface area (Å²) in [7, 11) is 0. The lowest BCUT2D eigenvalue weighted by Crippen LogP contribution is -2.14. The normalized spacial score (nSPS) is 17.1. The van der Waals surface area contributed by atoms with Crippen molar-refractivity contribution in [3.05, 3.63) is 34.0 Å². The van der Waals surface area contributed by atoms with Crippen LogP contribution in [-0.2, 0) is 24.1 Å². The lowest BCUT2D eigenvalue weighted by atomic mass is 9.88. The number of aryl methyl sites for hydroxylation is 1. The summed E-state index contributed by atoms with van der Waals surface area (Å²) in [5.74, 6) is 0.738. The third-order valence-corrected chi connectivity index (χ3v) is 6.28. The fourth-order valence-corrected chi connectivity index (χ4v) is 5.20. The summed E-state index contributed by atoms with van der Waals surface area (Å²) in [5, 5.41) is 5.68. The number of thiazole rings is 2. The first-order chi connectivity index (χ1) is 11.7. The van der Waals surface area contributed by atoms with E-state index in [1.54, 1.807) is 22.7 Å². The Morgan fingerprint density at radius 1 is 1.46 bits per heavy atom. The first-order valence-corrected chi connectivity index (χ1v) is 10.1. The predicted octanol–water partition coefficient (Wildman–Crippen LogP) is 3.94. The second-order valence-corrected chi connectivity index (χ2v) is 8.29. The van der Waals surface area contributed by atoms with E-state index in [2.05, 4.69) is 22.2 Å². The van der Waals surface area contributed by atoms with Gasteiger partial charge in [0.25, 0.3) is 0 Å². The minimum Gasteiger partial charge on any atom is -0.302 e. The van der Waals surface area contributed by atoms with Gasteiger partial charge in [0.2, 0.25) is 5.91 Å². The highest BCUT2D eigenvalue weighted by Crippen LogP contribution is 2.34. The summed E-state index contributed by atoms with van der Waals surface area (Å²) in [4.78, 5) is 23.6. The molecule has 0 bridgehead atoms. The quantitative estimate of drug-likeness (QED) is 0.750. The molecule has 3 heterocycles. The molecule has 3 aromatic heterocycles. The smallest absolute Gasteiger partial charge is 0.232 e. The number of carbonyl (C=O) groups excluding carboxylic acids is 1. The number of nitrogens with one attached hydrogen (secondary N) is 1. The molecule has 1 aliphatic carbocycles. The summed E-state index contributed by atoms with van der Waals surface area (Å²) in [5.41, 5.74) is 1.98. The molecule has 7 heteroatoms. The van der Waals surface area contributed by atoms with Gasteiger partial charge in [-0.2, -0.15) is 0 Å². The highest BCUT2D eigenvalue weighted by atomic mass is 32.1. The molecule has 0 saturated carbocycles. The van der Waals surface area contributed by atoms with Crippen LogP contribution in [0, 0.1) is 5.92 Å². The van der Waals surface area contributed by atoms with Gasteiger partial charge in [0.1, 0.15) is 0 Å². The van der Waals surface area contributed by atoms with Gasteiger partial charge < -0.3 is 5.32 Å². The molecule has 0 spiro atoms. The Balaban J connectivity index is 1.40. The van der Waals surface area contributed by atoms with Gasteiger partial charge in [0, 0.05) is 22.7 Å². The summed E-state index contributed by atoms with van der Waals surface area (Å²) in [6, 6.07) is 0. The average molecular weight is 361 g/mol. The van der Waals surface area contributed by atoms with Crippen LogP contribution in [0.4, 0.5) is 5.13 Å². The van der Waals surface area contributed by atoms with Gasteiger partial charge in [0.05, 0.1) is 17.8 Å². The molecular weight excluding hydrogens is 340 g/mol. The average Bonchev–Trinajstić information content (AvgIpc) is 3.20. The SMILES string of the molecule is CCCC1CCc2nc(NC(=O)Cc3cn4ccsc4n3)sc2C1. The van der Waals surface area contributed by atoms with Crippen LogP contribution in [0.1, 0.15) is 42.5 Å². The van der Waals surface area contributed by atoms with Crippen LogP contribution in [0.15, 0.2) is 17.8 Å². The van der Waals surface area contributed by atoms with Crippen LogP contribution < -0.4 is 5.32 Å². The molecule has 1 aliphatic rings. The lowest BCUT2D eigenvalue weighted by molar-refractivity contribution is -0.115. The maximum absolute atomic E-state index is 12.3. The fourth-order valence-electron chi connectivity index (χ4n) is 3.34. The van der Waals surface area contributed by atoms with Crippen molar-refractivity contribution in [2.24, 2.45) is 5.92 Å². The van der Waals surface area contributed by atoms with E-state index in [1.165, 1.54) is 29.8 Å². The first kappa shape index (κ1) is 15.8. The van der Waals surface area contributed by atoms with E-state index in [1.807, 2.05) is 22.2 Å². The van der Waals surface area contributed by atoms with Crippen LogP contribution >= 0.6 is 22.7 Å². The number of aromatic nitrogens is 3. The number of anilines is 1. The molecule has 0 aliphatic heterocycles. The van der Waals surface area contributed by atoms with E-state index in [-0.39, 0.29) is 12.3 Å². The molecule has 1 unspecified atom stereocenters. The number of amides is 1. The second-order valence-electron chi connectivity index (χ2n) is 6.34. The minimum absolute atomic E-state index is 0.0445. The molecular formula is C17H20N4OS2. The van der Waals surface area contributed by atoms with Gasteiger partial charge in [-0.05, 0) is 25.2 Å². The molecule has 1 atom stereocenters. The third kappa shape index (κ3) is 3.23. The molecule has 1 amide bonds. The molecule has 4 rings (SSSR count). The van der Waals surface area contributed by atoms with E-state index in [4.69, 9.17) is 0 Å². The summed E-state index contributed by atoms with van der Waals surface area (Å²) in [6.45, 7) is 2.24. The Hall–Kier alpha value is -1.73. The van der Waals surface area contributed by atoms with Crippen molar-refractivity contribution in [3.8, 4) is 0 Å². The predicted molar refractivity (Wildman–Crippen MR) is 97.9 cm³/mol. The standard InChI is InChI=1S/C17H20N4OS2/c1-2-3-11-4-5-13-14(8-11)24-16(19-13)20-15(22)9-12-10-21-6-7-23-17(21)18-12/h6-7,10-11H,2-5,8-9H2,1H3,(H,19,20,22). The lowest BCUT2D eigenvalue weighted by Gasteiger charge is -2.19. The topological polar surface area (TPSA) is 59.3 Å². The maximum Gasteiger partial charge on any atom is 0.232 e. The van der Waals surface area contributed by atoms with E-state index >= 15 is 0 Å². The van der Waals surface area contributed by atoms with Gasteiger partial charge >= 0.3 is 0 Å². The van der Waals surface area contributed by atoms with E-state index in [0.29, 0.717) is 0 Å². The molecule has 126 valence electrons. The van der Waals surface area contributed by atoms with Crippen LogP contribution in [-0.4, -0.2) is 20.3 Å². The number of carbonyl (C=O) groups is 1. The highest BCUT2D eigenvalue weighted by molar-refractivity contribution is 7.16. The molecule has 1 N–H and O–H groups in total. The summed E-state index contributed by atoms with van der Waals surface area (Å²) >= 11 is 3.22. The van der Waals surface area contributed by atoms with Crippen LogP contribution in [0.25, 0.3) is 4.96 Å². The number of hydrogen-bond donors (Lipinski definition) is 1. The Bertz CT molecular complexity index is 835. The highest BCUT2D eigenvalue weighted by Gasteiger charge is 2.22. The van der Waals surface area contributed by atoms with Crippen molar-refractivity contribution in [2.75, 3.05) is 5.32 Å². The summed E-state index contributed by atoms with van der Waals surface area (Å²) < 4.78 is 1.95. The number of fused-ring (bicyclic) bond motifs is 2. The van der Waals surface area contributed by atoms with Gasteiger partial charge in [-0.1, -0.05) is 19.8 Å². The maximum atomic E-state index is 12.3. The van der Waals surface area contributed by atoms with Crippen molar-refractivity contribution >= 4 is 38.7 Å². The second kappa shape index (κ2) is 6.64. The zero-order valence-corrected chi connectivity index (χ0v) is 15.3. The zero-order valence-electron chi connectivity index (χ0n) is 13.6. The number of nitrogens with zero attached hydrogens (tertiary/aromatic N) is 3. The van der Waals surface area contributed by atoms with Gasteiger partial charge in [0.15, 0.2) is 10.1 Å². The Morgan fingerprint density at radius 2 is 2.38 bits per heavy atom. The number of hydrogen-bond acceptors (Lipinski definition) is 5. The van der Waals surface area contributed by atoms with E-state index < -0.39 is 0 Å². The van der Waals surface area contributed by atoms with Crippen LogP contribution in [0.3, 0.4) is 0 Å². The minimum atomic E-state index is -0.0445. The fraction of sp³-hybridized carbons (Fsp3) is 0.471. The van der Waals surface area contributed by atoms with Crippen molar-refractivity contribution < 1.29 is 4.79 Å². The first-order valence-electron chi connectivity index (χ1n) is 8.40. The van der Waals surface area contributed by atoms with E-state index in [0.717, 1.165) is 34.5 Å². The van der Waals surface area contributed by atoms with Gasteiger partial charge in [-0.3, -0.25) is 9.20 Å². The Morgan fingerprint density at radius 3 is 3.21 bits per heavy atom. The molecule has 0 aromatic carbocycles. The van der Waals surface area contributed by atoms with Gasteiger partial charge in [-0.15, -0.1) is 22.7 Å². The van der Waals surface area contributed by atoms with Crippen molar-refractivity contribution in [3.63, 3.8) is 0 Å². The Kier molecular flexibility index (Phi) is 4.37. The largest absolute Gasteiger partial charge is 0.302 e. The monoisotopic (exact) mass is 360 g/mol. The van der Waals surface area contributed by atoms with Gasteiger partial charge in [-0.25, -0.2) is 9.97 Å². The van der Waals surface area contributed by atoms with E-state index in [9.17, 15) is 4.79 Å². The molecule has 3 aromatic rings. The number of rotatable bonds is 5. The molecule has 24 heavy (non-hydrogen) atoms. The number of imidazole rings is 1. The summed E-state index contributed by atoms with van der Waals surface area (Å²) in [6.07, 6.45) is 10.1. The molecule has 0 fully saturated rings. The van der Waals surface area contributed by atoms with Crippen LogP contribution in [0.2, 0.25) is 0 Å².